The molecule has 0 amide bonds. The average Bonchev–Trinajstić information content (AvgIpc) is 2.73. The van der Waals surface area contributed by atoms with Crippen molar-refractivity contribution in [2.45, 2.75) is 32.2 Å². The minimum Gasteiger partial charge on any atom is -0.493 e. The third kappa shape index (κ3) is 5.86. The number of rotatable bonds is 8. The molecular weight excluding hydrogens is 398 g/mol. The summed E-state index contributed by atoms with van der Waals surface area (Å²) in [6.07, 6.45) is 5.85. The van der Waals surface area contributed by atoms with Crippen molar-refractivity contribution in [2.75, 3.05) is 19.5 Å². The summed E-state index contributed by atoms with van der Waals surface area (Å²) in [6, 6.07) is 11.3. The maximum Gasteiger partial charge on any atom is 0.287 e. The van der Waals surface area contributed by atoms with Gasteiger partial charge >= 0.3 is 0 Å². The highest BCUT2D eigenvalue weighted by atomic mass is 32.2. The van der Waals surface area contributed by atoms with Crippen molar-refractivity contribution in [3.63, 3.8) is 0 Å². The molecule has 0 spiro atoms. The molecule has 3 aromatic rings. The first-order valence-electron chi connectivity index (χ1n) is 9.79. The second kappa shape index (κ2) is 9.80. The van der Waals surface area contributed by atoms with Gasteiger partial charge in [0, 0.05) is 36.1 Å². The first-order chi connectivity index (χ1) is 14.4. The summed E-state index contributed by atoms with van der Waals surface area (Å²) in [5.41, 5.74) is 1.58. The summed E-state index contributed by atoms with van der Waals surface area (Å²) in [5, 5.41) is 0.459. The Kier molecular flexibility index (Phi) is 7.15. The number of thioether (sulfide) groups is 1. The Labute approximate surface area is 181 Å². The van der Waals surface area contributed by atoms with Crippen LogP contribution in [0.1, 0.15) is 26.5 Å². The molecule has 30 heavy (non-hydrogen) atoms. The Balaban J connectivity index is 1.77. The second-order valence-electron chi connectivity index (χ2n) is 8.01. The van der Waals surface area contributed by atoms with E-state index < -0.39 is 0 Å². The summed E-state index contributed by atoms with van der Waals surface area (Å²) in [6.45, 7) is 6.89. The maximum atomic E-state index is 12.9. The summed E-state index contributed by atoms with van der Waals surface area (Å²) < 4.78 is 13.0. The van der Waals surface area contributed by atoms with Crippen LogP contribution in [0.25, 0.3) is 5.69 Å². The van der Waals surface area contributed by atoms with E-state index in [4.69, 9.17) is 9.47 Å². The topological polar surface area (TPSA) is 66.2 Å². The zero-order valence-corrected chi connectivity index (χ0v) is 18.6. The van der Waals surface area contributed by atoms with Gasteiger partial charge in [0.05, 0.1) is 19.4 Å². The molecule has 0 fully saturated rings. The lowest BCUT2D eigenvalue weighted by atomic mass is 9.99. The van der Waals surface area contributed by atoms with Crippen molar-refractivity contribution >= 4 is 11.8 Å². The number of nitrogens with zero attached hydrogens (tertiary/aromatic N) is 3. The number of pyridine rings is 1. The van der Waals surface area contributed by atoms with Crippen molar-refractivity contribution in [2.24, 2.45) is 5.41 Å². The Morgan fingerprint density at radius 2 is 1.90 bits per heavy atom. The van der Waals surface area contributed by atoms with E-state index in [-0.39, 0.29) is 11.0 Å². The van der Waals surface area contributed by atoms with Crippen molar-refractivity contribution in [3.05, 3.63) is 71.0 Å². The Morgan fingerprint density at radius 1 is 1.07 bits per heavy atom. The molecule has 0 saturated heterocycles. The third-order valence-electron chi connectivity index (χ3n) is 4.22. The van der Waals surface area contributed by atoms with E-state index in [0.29, 0.717) is 28.8 Å². The number of benzene rings is 1. The monoisotopic (exact) mass is 425 g/mol. The molecule has 0 saturated carbocycles. The van der Waals surface area contributed by atoms with Gasteiger partial charge in [0.1, 0.15) is 0 Å². The van der Waals surface area contributed by atoms with Crippen LogP contribution in [0.2, 0.25) is 0 Å². The lowest BCUT2D eigenvalue weighted by Gasteiger charge is -2.20. The smallest absolute Gasteiger partial charge is 0.287 e. The van der Waals surface area contributed by atoms with Crippen molar-refractivity contribution in [3.8, 4) is 17.2 Å². The summed E-state index contributed by atoms with van der Waals surface area (Å²) >= 11 is 1.43. The quantitative estimate of drug-likeness (QED) is 0.499. The van der Waals surface area contributed by atoms with Gasteiger partial charge in [-0.15, -0.1) is 11.8 Å². The fourth-order valence-electron chi connectivity index (χ4n) is 2.71. The van der Waals surface area contributed by atoms with Crippen LogP contribution < -0.4 is 15.0 Å². The molecule has 6 nitrogen and oxygen atoms in total. The van der Waals surface area contributed by atoms with Crippen LogP contribution in [0.3, 0.4) is 0 Å². The Hall–Kier alpha value is -2.80. The van der Waals surface area contributed by atoms with E-state index in [1.54, 1.807) is 30.3 Å². The lowest BCUT2D eigenvalue weighted by Crippen LogP contribution is -2.21. The molecule has 2 aromatic heterocycles. The second-order valence-corrected chi connectivity index (χ2v) is 9.10. The number of ether oxygens (including phenoxy) is 2. The minimum atomic E-state index is -0.158. The predicted octanol–water partition coefficient (Wildman–Crippen LogP) is 4.40. The standard InChI is InChI=1S/C23H27N3O3S/c1-23(2,3)16-29-19-9-8-18(15-20(19)28-4)26-13-12-25-21(22(26)27)30-14-10-17-7-5-6-11-24-17/h5-9,11-13,15H,10,14,16H2,1-4H3. The SMILES string of the molecule is COc1cc(-n2ccnc(SCCc3ccccn3)c2=O)ccc1OCC(C)(C)C. The predicted molar refractivity (Wildman–Crippen MR) is 120 cm³/mol. The van der Waals surface area contributed by atoms with Gasteiger partial charge in [0.2, 0.25) is 0 Å². The molecule has 0 atom stereocenters. The third-order valence-corrected chi connectivity index (χ3v) is 5.18. The zero-order chi connectivity index (χ0) is 21.6. The normalized spacial score (nSPS) is 11.3. The van der Waals surface area contributed by atoms with Gasteiger partial charge in [0.25, 0.3) is 5.56 Å². The Morgan fingerprint density at radius 3 is 2.60 bits per heavy atom. The first kappa shape index (κ1) is 21.9. The molecule has 0 N–H and O–H groups in total. The van der Waals surface area contributed by atoms with Crippen molar-refractivity contribution in [1.29, 1.82) is 0 Å². The van der Waals surface area contributed by atoms with Gasteiger partial charge in [-0.05, 0) is 36.1 Å². The van der Waals surface area contributed by atoms with E-state index in [0.717, 1.165) is 17.9 Å². The number of aromatic nitrogens is 3. The van der Waals surface area contributed by atoms with E-state index in [9.17, 15) is 4.79 Å². The average molecular weight is 426 g/mol. The van der Waals surface area contributed by atoms with Gasteiger partial charge in [-0.1, -0.05) is 26.8 Å². The van der Waals surface area contributed by atoms with Crippen LogP contribution in [-0.4, -0.2) is 34.0 Å². The molecule has 2 heterocycles. The van der Waals surface area contributed by atoms with E-state index in [2.05, 4.69) is 30.7 Å². The number of hydrogen-bond donors (Lipinski definition) is 0. The van der Waals surface area contributed by atoms with Gasteiger partial charge in [-0.2, -0.15) is 0 Å². The minimum absolute atomic E-state index is 0.0348. The molecule has 0 aliphatic heterocycles. The van der Waals surface area contributed by atoms with E-state index in [1.807, 2.05) is 36.4 Å². The van der Waals surface area contributed by atoms with Crippen molar-refractivity contribution < 1.29 is 9.47 Å². The molecule has 0 radical (unpaired) electrons. The molecule has 0 aliphatic carbocycles. The van der Waals surface area contributed by atoms with Gasteiger partial charge in [-0.25, -0.2) is 4.98 Å². The van der Waals surface area contributed by atoms with E-state index in [1.165, 1.54) is 11.8 Å². The molecular formula is C23H27N3O3S. The van der Waals surface area contributed by atoms with Crippen LogP contribution in [0.15, 0.2) is 64.8 Å². The highest BCUT2D eigenvalue weighted by molar-refractivity contribution is 7.99. The van der Waals surface area contributed by atoms with Crippen LogP contribution in [0.4, 0.5) is 0 Å². The van der Waals surface area contributed by atoms with E-state index >= 15 is 0 Å². The summed E-state index contributed by atoms with van der Waals surface area (Å²) in [4.78, 5) is 21.5. The van der Waals surface area contributed by atoms with Gasteiger partial charge in [-0.3, -0.25) is 14.3 Å². The summed E-state index contributed by atoms with van der Waals surface area (Å²) in [5.74, 6) is 1.97. The molecule has 1 aromatic carbocycles. The fraction of sp³-hybridized carbons (Fsp3) is 0.348. The molecule has 0 aliphatic rings. The van der Waals surface area contributed by atoms with Gasteiger partial charge < -0.3 is 9.47 Å². The highest BCUT2D eigenvalue weighted by Gasteiger charge is 2.15. The molecule has 0 bridgehead atoms. The molecule has 3 rings (SSSR count). The lowest BCUT2D eigenvalue weighted by molar-refractivity contribution is 0.191. The van der Waals surface area contributed by atoms with Crippen LogP contribution >= 0.6 is 11.8 Å². The number of aryl methyl sites for hydroxylation is 1. The Bertz CT molecular complexity index is 1030. The zero-order valence-electron chi connectivity index (χ0n) is 17.8. The molecule has 7 heteroatoms. The van der Waals surface area contributed by atoms with Gasteiger partial charge in [0.15, 0.2) is 16.5 Å². The first-order valence-corrected chi connectivity index (χ1v) is 10.8. The van der Waals surface area contributed by atoms with Crippen molar-refractivity contribution in [1.82, 2.24) is 14.5 Å². The highest BCUT2D eigenvalue weighted by Crippen LogP contribution is 2.30. The summed E-state index contributed by atoms with van der Waals surface area (Å²) in [7, 11) is 1.59. The number of methoxy groups -OCH3 is 1. The number of hydrogen-bond acceptors (Lipinski definition) is 6. The largest absolute Gasteiger partial charge is 0.493 e. The maximum absolute atomic E-state index is 12.9. The van der Waals surface area contributed by atoms with Crippen LogP contribution in [-0.2, 0) is 6.42 Å². The van der Waals surface area contributed by atoms with Crippen LogP contribution in [0.5, 0.6) is 11.5 Å². The molecule has 0 unspecified atom stereocenters. The fourth-order valence-corrected chi connectivity index (χ4v) is 3.58. The molecule has 158 valence electrons. The van der Waals surface area contributed by atoms with Crippen LogP contribution in [0, 0.1) is 5.41 Å².